The molecule has 0 saturated carbocycles. The highest BCUT2D eigenvalue weighted by Crippen LogP contribution is 2.42. The van der Waals surface area contributed by atoms with Crippen molar-refractivity contribution in [3.05, 3.63) is 94.0 Å². The maximum atomic E-state index is 14.3. The molecule has 0 fully saturated rings. The van der Waals surface area contributed by atoms with E-state index in [1.807, 2.05) is 43.3 Å². The van der Waals surface area contributed by atoms with Gasteiger partial charge >= 0.3 is 0 Å². The van der Waals surface area contributed by atoms with Crippen LogP contribution in [0, 0.1) is 6.92 Å². The van der Waals surface area contributed by atoms with E-state index in [0.29, 0.717) is 17.0 Å². The van der Waals surface area contributed by atoms with Crippen LogP contribution in [0.5, 0.6) is 17.2 Å². The highest BCUT2D eigenvalue weighted by Gasteiger charge is 2.37. The van der Waals surface area contributed by atoms with Crippen LogP contribution in [-0.2, 0) is 11.3 Å². The molecule has 3 amide bonds. The molecule has 42 heavy (non-hydrogen) atoms. The first kappa shape index (κ1) is 29.9. The Morgan fingerprint density at radius 1 is 0.952 bits per heavy atom. The van der Waals surface area contributed by atoms with E-state index < -0.39 is 23.8 Å². The number of anilines is 2. The van der Waals surface area contributed by atoms with Crippen molar-refractivity contribution in [2.45, 2.75) is 19.5 Å². The van der Waals surface area contributed by atoms with Gasteiger partial charge in [-0.05, 0) is 59.4 Å². The van der Waals surface area contributed by atoms with Gasteiger partial charge < -0.3 is 31.0 Å². The lowest BCUT2D eigenvalue weighted by atomic mass is 10.0. The molecular formula is C30H31N5O6S. The summed E-state index contributed by atoms with van der Waals surface area (Å²) in [5.74, 6) is -1.13. The summed E-state index contributed by atoms with van der Waals surface area (Å²) in [5.41, 5.74) is 13.7. The van der Waals surface area contributed by atoms with Crippen molar-refractivity contribution in [3.8, 4) is 17.2 Å². The Hall–Kier alpha value is -5.10. The molecule has 1 aromatic heterocycles. The third-order valence-corrected chi connectivity index (χ3v) is 7.32. The molecule has 4 aromatic rings. The standard InChI is InChI=1S/C30H31N5O6S/c1-17-9-8-12-20(13-17)35(30(38)27-23(31)24(28(32)36)34-42-27)25(29(37)33-16-18-10-6-5-7-11-18)19-14-21(39-2)26(41-4)22(15-19)40-3/h5-15,25H,16,31H2,1-4H3,(H2,32,36)(H,33,37)/t25-/m1/s1. The van der Waals surface area contributed by atoms with Crippen molar-refractivity contribution < 1.29 is 28.6 Å². The largest absolute Gasteiger partial charge is 0.493 e. The second-order valence-electron chi connectivity index (χ2n) is 9.22. The van der Waals surface area contributed by atoms with Crippen molar-refractivity contribution in [1.82, 2.24) is 9.69 Å². The van der Waals surface area contributed by atoms with E-state index in [9.17, 15) is 14.4 Å². The molecule has 1 atom stereocenters. The average molecular weight is 590 g/mol. The number of carbonyl (C=O) groups is 3. The fourth-order valence-corrected chi connectivity index (χ4v) is 5.20. The number of nitrogens with one attached hydrogen (secondary N) is 1. The van der Waals surface area contributed by atoms with Gasteiger partial charge in [0.25, 0.3) is 11.8 Å². The van der Waals surface area contributed by atoms with Gasteiger partial charge in [-0.1, -0.05) is 42.5 Å². The minimum absolute atomic E-state index is 0.0430. The van der Waals surface area contributed by atoms with Crippen LogP contribution in [0.2, 0.25) is 0 Å². The molecule has 0 bridgehead atoms. The SMILES string of the molecule is COc1cc([C@H](C(=O)NCc2ccccc2)N(C(=O)c2snc(C(N)=O)c2N)c2cccc(C)c2)cc(OC)c1OC. The predicted octanol–water partition coefficient (Wildman–Crippen LogP) is 3.86. The number of nitrogens with two attached hydrogens (primary N) is 2. The van der Waals surface area contributed by atoms with E-state index in [1.54, 1.807) is 30.3 Å². The van der Waals surface area contributed by atoms with Gasteiger partial charge in [0.05, 0.1) is 27.0 Å². The molecular weight excluding hydrogens is 558 g/mol. The summed E-state index contributed by atoms with van der Waals surface area (Å²) >= 11 is 0.728. The van der Waals surface area contributed by atoms with Gasteiger partial charge in [-0.15, -0.1) is 0 Å². The Labute approximate surface area is 247 Å². The predicted molar refractivity (Wildman–Crippen MR) is 160 cm³/mol. The fourth-order valence-electron chi connectivity index (χ4n) is 4.46. The van der Waals surface area contributed by atoms with E-state index in [4.69, 9.17) is 25.7 Å². The van der Waals surface area contributed by atoms with Crippen molar-refractivity contribution in [3.63, 3.8) is 0 Å². The number of benzene rings is 3. The molecule has 4 rings (SSSR count). The van der Waals surface area contributed by atoms with Crippen LogP contribution in [0.4, 0.5) is 11.4 Å². The van der Waals surface area contributed by atoms with E-state index in [2.05, 4.69) is 9.69 Å². The number of hydrogen-bond acceptors (Lipinski definition) is 9. The van der Waals surface area contributed by atoms with Crippen molar-refractivity contribution in [1.29, 1.82) is 0 Å². The number of nitrogens with zero attached hydrogens (tertiary/aromatic N) is 2. The normalized spacial score (nSPS) is 11.3. The van der Waals surface area contributed by atoms with Gasteiger partial charge in [-0.3, -0.25) is 19.3 Å². The number of rotatable bonds is 11. The molecule has 0 aliphatic carbocycles. The lowest BCUT2D eigenvalue weighted by Gasteiger charge is -2.32. The van der Waals surface area contributed by atoms with Crippen LogP contribution in [0.1, 0.15) is 42.9 Å². The van der Waals surface area contributed by atoms with Crippen LogP contribution in [0.15, 0.2) is 66.7 Å². The number of aryl methyl sites for hydroxylation is 1. The first-order valence-electron chi connectivity index (χ1n) is 12.8. The van der Waals surface area contributed by atoms with Crippen LogP contribution >= 0.6 is 11.5 Å². The topological polar surface area (TPSA) is 159 Å². The van der Waals surface area contributed by atoms with Gasteiger partial charge in [0.15, 0.2) is 17.2 Å². The summed E-state index contributed by atoms with van der Waals surface area (Å²) in [6.45, 7) is 2.06. The Bertz CT molecular complexity index is 1580. The van der Waals surface area contributed by atoms with E-state index in [0.717, 1.165) is 22.7 Å². The fraction of sp³-hybridized carbons (Fsp3) is 0.200. The molecule has 12 heteroatoms. The first-order chi connectivity index (χ1) is 20.2. The second-order valence-corrected chi connectivity index (χ2v) is 9.99. The number of primary amides is 1. The summed E-state index contributed by atoms with van der Waals surface area (Å²) in [5, 5.41) is 2.95. The summed E-state index contributed by atoms with van der Waals surface area (Å²) in [7, 11) is 4.38. The number of ether oxygens (including phenoxy) is 3. The van der Waals surface area contributed by atoms with Crippen LogP contribution in [-0.4, -0.2) is 43.4 Å². The summed E-state index contributed by atoms with van der Waals surface area (Å²) in [6.07, 6.45) is 0. The Morgan fingerprint density at radius 3 is 2.17 bits per heavy atom. The van der Waals surface area contributed by atoms with Gasteiger partial charge in [-0.2, -0.15) is 4.37 Å². The lowest BCUT2D eigenvalue weighted by Crippen LogP contribution is -2.44. The quantitative estimate of drug-likeness (QED) is 0.238. The van der Waals surface area contributed by atoms with Gasteiger partial charge in [0.2, 0.25) is 11.7 Å². The third kappa shape index (κ3) is 6.13. The molecule has 0 saturated heterocycles. The molecule has 218 valence electrons. The minimum atomic E-state index is -1.25. The molecule has 5 N–H and O–H groups in total. The molecule has 1 heterocycles. The smallest absolute Gasteiger partial charge is 0.273 e. The molecule has 0 unspecified atom stereocenters. The highest BCUT2D eigenvalue weighted by atomic mass is 32.1. The van der Waals surface area contributed by atoms with Gasteiger partial charge in [0, 0.05) is 12.2 Å². The average Bonchev–Trinajstić information content (AvgIpc) is 3.39. The zero-order valence-electron chi connectivity index (χ0n) is 23.5. The van der Waals surface area contributed by atoms with Crippen LogP contribution in [0.25, 0.3) is 0 Å². The Morgan fingerprint density at radius 2 is 1.62 bits per heavy atom. The van der Waals surface area contributed by atoms with Crippen molar-refractivity contribution in [2.75, 3.05) is 32.0 Å². The second kappa shape index (κ2) is 13.0. The van der Waals surface area contributed by atoms with Gasteiger partial charge in [0.1, 0.15) is 10.9 Å². The molecule has 0 aliphatic rings. The minimum Gasteiger partial charge on any atom is -0.493 e. The molecule has 0 radical (unpaired) electrons. The Balaban J connectivity index is 1.94. The zero-order chi connectivity index (χ0) is 30.4. The monoisotopic (exact) mass is 589 g/mol. The first-order valence-corrected chi connectivity index (χ1v) is 13.5. The zero-order valence-corrected chi connectivity index (χ0v) is 24.4. The Kier molecular flexibility index (Phi) is 9.28. The molecule has 0 aliphatic heterocycles. The summed E-state index contributed by atoms with van der Waals surface area (Å²) in [6, 6.07) is 18.4. The number of carbonyl (C=O) groups excluding carboxylic acids is 3. The van der Waals surface area contributed by atoms with Crippen LogP contribution < -0.4 is 35.9 Å². The van der Waals surface area contributed by atoms with Gasteiger partial charge in [-0.25, -0.2) is 0 Å². The summed E-state index contributed by atoms with van der Waals surface area (Å²) in [4.78, 5) is 41.7. The highest BCUT2D eigenvalue weighted by molar-refractivity contribution is 7.09. The lowest BCUT2D eigenvalue weighted by molar-refractivity contribution is -0.122. The number of methoxy groups -OCH3 is 3. The number of hydrogen-bond donors (Lipinski definition) is 3. The number of aromatic nitrogens is 1. The van der Waals surface area contributed by atoms with Crippen molar-refractivity contribution in [2.24, 2.45) is 5.73 Å². The number of amides is 3. The number of nitrogen functional groups attached to an aromatic ring is 1. The van der Waals surface area contributed by atoms with E-state index >= 15 is 0 Å². The van der Waals surface area contributed by atoms with Crippen LogP contribution in [0.3, 0.4) is 0 Å². The van der Waals surface area contributed by atoms with E-state index in [1.165, 1.54) is 26.2 Å². The maximum Gasteiger partial charge on any atom is 0.273 e. The van der Waals surface area contributed by atoms with Crippen molar-refractivity contribution >= 4 is 40.6 Å². The molecule has 11 nitrogen and oxygen atoms in total. The summed E-state index contributed by atoms with van der Waals surface area (Å²) < 4.78 is 20.6. The molecule has 3 aromatic carbocycles. The molecule has 0 spiro atoms. The third-order valence-electron chi connectivity index (χ3n) is 6.47. The maximum absolute atomic E-state index is 14.3. The van der Waals surface area contributed by atoms with E-state index in [-0.39, 0.29) is 34.3 Å².